The summed E-state index contributed by atoms with van der Waals surface area (Å²) in [5, 5.41) is 6.95. The molecule has 0 heterocycles. The minimum Gasteiger partial charge on any atom is -0.457 e. The molecule has 0 saturated carbocycles. The minimum absolute atomic E-state index is 0.352. The van der Waals surface area contributed by atoms with Gasteiger partial charge in [0.1, 0.15) is 11.5 Å². The van der Waals surface area contributed by atoms with Gasteiger partial charge >= 0.3 is 0 Å². The molecule has 25 heavy (non-hydrogen) atoms. The van der Waals surface area contributed by atoms with Crippen LogP contribution in [-0.4, -0.2) is 13.1 Å². The second-order valence-corrected chi connectivity index (χ2v) is 5.95. The van der Waals surface area contributed by atoms with Crippen molar-refractivity contribution < 1.29 is 4.74 Å². The fraction of sp³-hybridized carbons (Fsp3) is 0.182. The quantitative estimate of drug-likeness (QED) is 0.553. The van der Waals surface area contributed by atoms with E-state index >= 15 is 0 Å². The van der Waals surface area contributed by atoms with Gasteiger partial charge in [-0.1, -0.05) is 48.5 Å². The maximum Gasteiger partial charge on any atom is 0.127 e. The van der Waals surface area contributed by atoms with Crippen LogP contribution in [0.25, 0.3) is 0 Å². The van der Waals surface area contributed by atoms with E-state index in [4.69, 9.17) is 4.74 Å². The van der Waals surface area contributed by atoms with Crippen LogP contribution in [0.3, 0.4) is 0 Å². The van der Waals surface area contributed by atoms with E-state index in [2.05, 4.69) is 41.8 Å². The van der Waals surface area contributed by atoms with E-state index in [0.29, 0.717) is 6.04 Å². The van der Waals surface area contributed by atoms with Gasteiger partial charge < -0.3 is 15.4 Å². The third-order valence-corrected chi connectivity index (χ3v) is 4.04. The van der Waals surface area contributed by atoms with Crippen molar-refractivity contribution in [1.82, 2.24) is 5.32 Å². The minimum atomic E-state index is 0.352. The average molecular weight is 332 g/mol. The van der Waals surface area contributed by atoms with Gasteiger partial charge in [-0.25, -0.2) is 0 Å². The molecule has 0 saturated heterocycles. The Morgan fingerprint density at radius 2 is 1.32 bits per heavy atom. The lowest BCUT2D eigenvalue weighted by atomic mass is 10.1. The van der Waals surface area contributed by atoms with Gasteiger partial charge in [-0.2, -0.15) is 0 Å². The van der Waals surface area contributed by atoms with Crippen molar-refractivity contribution in [3.8, 4) is 11.5 Å². The average Bonchev–Trinajstić information content (AvgIpc) is 2.68. The lowest BCUT2D eigenvalue weighted by Crippen LogP contribution is -2.25. The summed E-state index contributed by atoms with van der Waals surface area (Å²) in [4.78, 5) is 0. The Kier molecular flexibility index (Phi) is 6.07. The molecule has 128 valence electrons. The van der Waals surface area contributed by atoms with E-state index < -0.39 is 0 Å². The lowest BCUT2D eigenvalue weighted by Gasteiger charge is -2.15. The monoisotopic (exact) mass is 332 g/mol. The zero-order chi connectivity index (χ0) is 17.3. The number of anilines is 1. The van der Waals surface area contributed by atoms with Crippen LogP contribution in [0.5, 0.6) is 11.5 Å². The summed E-state index contributed by atoms with van der Waals surface area (Å²) in [6, 6.07) is 28.7. The second kappa shape index (κ2) is 8.90. The Morgan fingerprint density at radius 1 is 0.720 bits per heavy atom. The molecule has 1 atom stereocenters. The third-order valence-electron chi connectivity index (χ3n) is 4.04. The van der Waals surface area contributed by atoms with Crippen LogP contribution in [0.15, 0.2) is 84.9 Å². The van der Waals surface area contributed by atoms with Crippen LogP contribution in [0.2, 0.25) is 0 Å². The molecule has 0 aliphatic rings. The molecule has 3 rings (SSSR count). The topological polar surface area (TPSA) is 33.3 Å². The van der Waals surface area contributed by atoms with Crippen molar-refractivity contribution in [2.24, 2.45) is 0 Å². The summed E-state index contributed by atoms with van der Waals surface area (Å²) in [5.74, 6) is 1.69. The predicted octanol–water partition coefficient (Wildman–Crippen LogP) is 5.24. The molecule has 3 nitrogen and oxygen atoms in total. The fourth-order valence-corrected chi connectivity index (χ4v) is 2.62. The summed E-state index contributed by atoms with van der Waals surface area (Å²) in [6.45, 7) is 3.96. The molecule has 0 aliphatic heterocycles. The number of benzene rings is 3. The smallest absolute Gasteiger partial charge is 0.127 e. The van der Waals surface area contributed by atoms with E-state index in [1.54, 1.807) is 0 Å². The number of rotatable bonds is 8. The summed E-state index contributed by atoms with van der Waals surface area (Å²) in [7, 11) is 0. The van der Waals surface area contributed by atoms with E-state index in [-0.39, 0.29) is 0 Å². The van der Waals surface area contributed by atoms with Gasteiger partial charge in [0.25, 0.3) is 0 Å². The predicted molar refractivity (Wildman–Crippen MR) is 104 cm³/mol. The Hall–Kier alpha value is -2.78. The van der Waals surface area contributed by atoms with E-state index in [1.807, 2.05) is 60.7 Å². The molecule has 0 aromatic heterocycles. The van der Waals surface area contributed by atoms with Crippen molar-refractivity contribution in [3.05, 3.63) is 90.5 Å². The number of nitrogens with one attached hydrogen (secondary N) is 2. The third kappa shape index (κ3) is 5.37. The van der Waals surface area contributed by atoms with Gasteiger partial charge in [-0.05, 0) is 48.9 Å². The molecule has 3 aromatic rings. The highest BCUT2D eigenvalue weighted by atomic mass is 16.5. The molecular weight excluding hydrogens is 308 g/mol. The van der Waals surface area contributed by atoms with Gasteiger partial charge in [-0.3, -0.25) is 0 Å². The highest BCUT2D eigenvalue weighted by Gasteiger charge is 2.03. The van der Waals surface area contributed by atoms with Gasteiger partial charge in [0, 0.05) is 24.8 Å². The molecular formula is C22H24N2O. The zero-order valence-corrected chi connectivity index (χ0v) is 14.5. The first-order valence-electron chi connectivity index (χ1n) is 8.66. The summed E-state index contributed by atoms with van der Waals surface area (Å²) < 4.78 is 5.80. The van der Waals surface area contributed by atoms with Gasteiger partial charge in [0.05, 0.1) is 0 Å². The fourth-order valence-electron chi connectivity index (χ4n) is 2.62. The SMILES string of the molecule is CC(NCCNc1ccc(Oc2ccccc2)cc1)c1ccccc1. The summed E-state index contributed by atoms with van der Waals surface area (Å²) in [5.41, 5.74) is 2.40. The zero-order valence-electron chi connectivity index (χ0n) is 14.5. The van der Waals surface area contributed by atoms with Crippen molar-refractivity contribution in [2.45, 2.75) is 13.0 Å². The molecule has 0 fully saturated rings. The Balaban J connectivity index is 1.41. The normalized spacial score (nSPS) is 11.7. The van der Waals surface area contributed by atoms with Gasteiger partial charge in [0.2, 0.25) is 0 Å². The maximum atomic E-state index is 5.80. The second-order valence-electron chi connectivity index (χ2n) is 5.95. The molecule has 3 heteroatoms. The first kappa shape index (κ1) is 17.1. The molecule has 0 amide bonds. The Morgan fingerprint density at radius 3 is 2.00 bits per heavy atom. The summed E-state index contributed by atoms with van der Waals surface area (Å²) in [6.07, 6.45) is 0. The Bertz CT molecular complexity index is 742. The van der Waals surface area contributed by atoms with Crippen LogP contribution in [0.1, 0.15) is 18.5 Å². The number of hydrogen-bond acceptors (Lipinski definition) is 3. The molecule has 0 spiro atoms. The highest BCUT2D eigenvalue weighted by Crippen LogP contribution is 2.22. The number of hydrogen-bond donors (Lipinski definition) is 2. The van der Waals surface area contributed by atoms with Crippen LogP contribution in [0, 0.1) is 0 Å². The Labute approximate surface area is 149 Å². The number of ether oxygens (including phenoxy) is 1. The summed E-state index contributed by atoms with van der Waals surface area (Å²) >= 11 is 0. The van der Waals surface area contributed by atoms with Crippen molar-refractivity contribution in [1.29, 1.82) is 0 Å². The van der Waals surface area contributed by atoms with Crippen LogP contribution >= 0.6 is 0 Å². The number of para-hydroxylation sites is 1. The van der Waals surface area contributed by atoms with Crippen LogP contribution in [-0.2, 0) is 0 Å². The molecule has 0 bridgehead atoms. The maximum absolute atomic E-state index is 5.80. The van der Waals surface area contributed by atoms with Crippen molar-refractivity contribution in [3.63, 3.8) is 0 Å². The highest BCUT2D eigenvalue weighted by molar-refractivity contribution is 5.47. The molecule has 2 N–H and O–H groups in total. The largest absolute Gasteiger partial charge is 0.457 e. The van der Waals surface area contributed by atoms with Gasteiger partial charge in [0.15, 0.2) is 0 Å². The van der Waals surface area contributed by atoms with E-state index in [9.17, 15) is 0 Å². The van der Waals surface area contributed by atoms with Crippen LogP contribution in [0.4, 0.5) is 5.69 Å². The first-order chi connectivity index (χ1) is 12.3. The van der Waals surface area contributed by atoms with Gasteiger partial charge in [-0.15, -0.1) is 0 Å². The van der Waals surface area contributed by atoms with Crippen molar-refractivity contribution >= 4 is 5.69 Å². The van der Waals surface area contributed by atoms with E-state index in [0.717, 1.165) is 30.3 Å². The van der Waals surface area contributed by atoms with Crippen LogP contribution < -0.4 is 15.4 Å². The standard InChI is InChI=1S/C22H24N2O/c1-18(19-8-4-2-5-9-19)23-16-17-24-20-12-14-22(15-13-20)25-21-10-6-3-7-11-21/h2-15,18,23-24H,16-17H2,1H3. The van der Waals surface area contributed by atoms with E-state index in [1.165, 1.54) is 5.56 Å². The first-order valence-corrected chi connectivity index (χ1v) is 8.66. The molecule has 1 unspecified atom stereocenters. The lowest BCUT2D eigenvalue weighted by molar-refractivity contribution is 0.483. The molecule has 3 aromatic carbocycles. The molecule has 0 radical (unpaired) electrons. The molecule has 0 aliphatic carbocycles. The van der Waals surface area contributed by atoms with Crippen molar-refractivity contribution in [2.75, 3.05) is 18.4 Å².